The van der Waals surface area contributed by atoms with Gasteiger partial charge in [0.25, 0.3) is 0 Å². The first-order valence-corrected chi connectivity index (χ1v) is 12.7. The number of hydrogen-bond donors (Lipinski definition) is 0. The molecule has 142 valence electrons. The lowest BCUT2D eigenvalue weighted by Gasteiger charge is -2.15. The molecule has 26 heavy (non-hydrogen) atoms. The van der Waals surface area contributed by atoms with Crippen molar-refractivity contribution in [3.05, 3.63) is 41.1 Å². The highest BCUT2D eigenvalue weighted by molar-refractivity contribution is 6.76. The molecule has 7 heteroatoms. The smallest absolute Gasteiger partial charge is 0.343 e. The minimum atomic E-state index is -1.09. The summed E-state index contributed by atoms with van der Waals surface area (Å²) < 4.78 is 21.6. The van der Waals surface area contributed by atoms with Gasteiger partial charge in [-0.05, 0) is 37.2 Å². The second kappa shape index (κ2) is 9.25. The lowest BCUT2D eigenvalue weighted by atomic mass is 10.1. The average molecular weight is 397 g/mol. The van der Waals surface area contributed by atoms with Crippen molar-refractivity contribution in [1.82, 2.24) is 0 Å². The number of rotatable bonds is 9. The highest BCUT2D eigenvalue weighted by Gasteiger charge is 2.22. The van der Waals surface area contributed by atoms with E-state index in [0.29, 0.717) is 23.7 Å². The van der Waals surface area contributed by atoms with Gasteiger partial charge in [-0.3, -0.25) is 0 Å². The highest BCUT2D eigenvalue weighted by Crippen LogP contribution is 2.32. The first-order valence-electron chi connectivity index (χ1n) is 8.57. The van der Waals surface area contributed by atoms with Crippen LogP contribution in [0, 0.1) is 0 Å². The fraction of sp³-hybridized carbons (Fsp3) is 0.421. The Hall–Kier alpha value is -1.76. The molecule has 0 amide bonds. The summed E-state index contributed by atoms with van der Waals surface area (Å²) in [5.74, 6) is 0.556. The van der Waals surface area contributed by atoms with Gasteiger partial charge in [-0.25, -0.2) is 4.79 Å². The van der Waals surface area contributed by atoms with Gasteiger partial charge in [0.05, 0.1) is 11.6 Å². The Kier molecular flexibility index (Phi) is 7.31. The van der Waals surface area contributed by atoms with Crippen molar-refractivity contribution in [2.24, 2.45) is 0 Å². The van der Waals surface area contributed by atoms with Crippen LogP contribution in [0.25, 0.3) is 11.3 Å². The molecule has 1 aromatic carbocycles. The summed E-state index contributed by atoms with van der Waals surface area (Å²) in [5, 5.41) is 0.231. The topological polar surface area (TPSA) is 57.9 Å². The molecule has 0 saturated carbocycles. The van der Waals surface area contributed by atoms with Crippen LogP contribution in [-0.2, 0) is 9.47 Å². The Morgan fingerprint density at radius 2 is 1.88 bits per heavy atom. The Morgan fingerprint density at radius 1 is 1.19 bits per heavy atom. The van der Waals surface area contributed by atoms with Gasteiger partial charge in [0.1, 0.15) is 23.3 Å². The molecule has 5 nitrogen and oxygen atoms in total. The number of ether oxygens (including phenoxy) is 3. The van der Waals surface area contributed by atoms with Gasteiger partial charge in [-0.15, -0.1) is 0 Å². The Labute approximate surface area is 160 Å². The van der Waals surface area contributed by atoms with Crippen LogP contribution in [0.15, 0.2) is 34.9 Å². The molecular weight excluding hydrogens is 372 g/mol. The van der Waals surface area contributed by atoms with Gasteiger partial charge in [0, 0.05) is 20.2 Å². The number of hydrogen-bond acceptors (Lipinski definition) is 5. The maximum Gasteiger partial charge on any atom is 0.343 e. The zero-order chi connectivity index (χ0) is 19.2. The van der Waals surface area contributed by atoms with E-state index in [1.54, 1.807) is 31.2 Å². The molecular formula is C19H25ClO5Si. The van der Waals surface area contributed by atoms with Crippen molar-refractivity contribution in [2.75, 3.05) is 20.0 Å². The van der Waals surface area contributed by atoms with E-state index in [1.165, 1.54) is 6.26 Å². The Bertz CT molecular complexity index is 719. The molecule has 2 rings (SSSR count). The zero-order valence-electron chi connectivity index (χ0n) is 15.6. The molecule has 0 spiro atoms. The summed E-state index contributed by atoms with van der Waals surface area (Å²) in [4.78, 5) is 12.1. The summed E-state index contributed by atoms with van der Waals surface area (Å²) >= 11 is 6.05. The number of furan rings is 1. The van der Waals surface area contributed by atoms with E-state index >= 15 is 0 Å². The van der Waals surface area contributed by atoms with E-state index in [0.717, 1.165) is 6.04 Å². The third kappa shape index (κ3) is 5.90. The molecule has 0 aliphatic carbocycles. The molecule has 0 unspecified atom stereocenters. The average Bonchev–Trinajstić information content (AvgIpc) is 2.96. The Morgan fingerprint density at radius 3 is 2.50 bits per heavy atom. The number of carbonyl (C=O) groups is 1. The van der Waals surface area contributed by atoms with Crippen LogP contribution in [0.4, 0.5) is 0 Å². The predicted octanol–water partition coefficient (Wildman–Crippen LogP) is 5.47. The van der Waals surface area contributed by atoms with Gasteiger partial charge >= 0.3 is 5.97 Å². The van der Waals surface area contributed by atoms with Crippen LogP contribution in [0.5, 0.6) is 5.75 Å². The summed E-state index contributed by atoms with van der Waals surface area (Å²) in [5.41, 5.74) is 0.948. The number of halogens is 1. The van der Waals surface area contributed by atoms with Crippen molar-refractivity contribution in [3.63, 3.8) is 0 Å². The van der Waals surface area contributed by atoms with E-state index in [1.807, 2.05) is 0 Å². The SMILES string of the molecule is CCOC(=O)c1c(Cl)coc1-c1ccc(OCOCC[Si](C)(C)C)cc1. The fourth-order valence-corrected chi connectivity index (χ4v) is 3.16. The molecule has 0 fully saturated rings. The highest BCUT2D eigenvalue weighted by atomic mass is 35.5. The third-order valence-electron chi connectivity index (χ3n) is 3.65. The molecule has 1 heterocycles. The fourth-order valence-electron chi connectivity index (χ4n) is 2.19. The van der Waals surface area contributed by atoms with E-state index < -0.39 is 14.0 Å². The van der Waals surface area contributed by atoms with E-state index in [2.05, 4.69) is 19.6 Å². The Balaban J connectivity index is 1.97. The van der Waals surface area contributed by atoms with E-state index in [9.17, 15) is 4.79 Å². The molecule has 0 aliphatic rings. The molecule has 0 N–H and O–H groups in total. The maximum absolute atomic E-state index is 12.1. The normalized spacial score (nSPS) is 11.4. The van der Waals surface area contributed by atoms with Gasteiger partial charge in [-0.2, -0.15) is 0 Å². The lowest BCUT2D eigenvalue weighted by molar-refractivity contribution is 0.0220. The quantitative estimate of drug-likeness (QED) is 0.243. The minimum absolute atomic E-state index is 0.213. The van der Waals surface area contributed by atoms with Crippen molar-refractivity contribution >= 4 is 25.6 Å². The van der Waals surface area contributed by atoms with Crippen molar-refractivity contribution in [2.45, 2.75) is 32.6 Å². The second-order valence-electron chi connectivity index (χ2n) is 7.01. The van der Waals surface area contributed by atoms with Gasteiger partial charge in [-0.1, -0.05) is 31.2 Å². The van der Waals surface area contributed by atoms with Gasteiger partial charge in [0.2, 0.25) is 0 Å². The molecule has 0 atom stereocenters. The molecule has 0 radical (unpaired) electrons. The summed E-state index contributed by atoms with van der Waals surface area (Å²) in [6.45, 7) is 9.85. The molecule has 2 aromatic rings. The van der Waals surface area contributed by atoms with Gasteiger partial charge in [0.15, 0.2) is 6.79 Å². The molecule has 1 aromatic heterocycles. The number of esters is 1. The monoisotopic (exact) mass is 396 g/mol. The van der Waals surface area contributed by atoms with Crippen LogP contribution < -0.4 is 4.74 Å². The summed E-state index contributed by atoms with van der Waals surface area (Å²) in [6, 6.07) is 8.29. The van der Waals surface area contributed by atoms with Crippen molar-refractivity contribution < 1.29 is 23.4 Å². The van der Waals surface area contributed by atoms with Gasteiger partial charge < -0.3 is 18.6 Å². The number of benzene rings is 1. The standard InChI is InChI=1S/C19H25ClO5Si/c1-5-23-19(21)17-16(20)12-24-18(17)14-6-8-15(9-7-14)25-13-22-10-11-26(2,3)4/h6-9,12H,5,10-11,13H2,1-4H3. The van der Waals surface area contributed by atoms with E-state index in [-0.39, 0.29) is 24.0 Å². The van der Waals surface area contributed by atoms with Crippen LogP contribution in [0.2, 0.25) is 30.7 Å². The summed E-state index contributed by atoms with van der Waals surface area (Å²) in [7, 11) is -1.09. The summed E-state index contributed by atoms with van der Waals surface area (Å²) in [6.07, 6.45) is 1.33. The zero-order valence-corrected chi connectivity index (χ0v) is 17.4. The second-order valence-corrected chi connectivity index (χ2v) is 13.0. The largest absolute Gasteiger partial charge is 0.468 e. The molecule has 0 aliphatic heterocycles. The first-order chi connectivity index (χ1) is 12.3. The maximum atomic E-state index is 12.1. The van der Waals surface area contributed by atoms with Crippen LogP contribution >= 0.6 is 11.6 Å². The molecule has 0 bridgehead atoms. The van der Waals surface area contributed by atoms with E-state index in [4.69, 9.17) is 30.2 Å². The minimum Gasteiger partial charge on any atom is -0.468 e. The third-order valence-corrected chi connectivity index (χ3v) is 5.63. The van der Waals surface area contributed by atoms with Crippen LogP contribution in [-0.4, -0.2) is 34.0 Å². The molecule has 0 saturated heterocycles. The lowest BCUT2D eigenvalue weighted by Crippen LogP contribution is -2.22. The van der Waals surface area contributed by atoms with Crippen molar-refractivity contribution in [3.8, 4) is 17.1 Å². The van der Waals surface area contributed by atoms with Crippen LogP contribution in [0.1, 0.15) is 17.3 Å². The van der Waals surface area contributed by atoms with Crippen LogP contribution in [0.3, 0.4) is 0 Å². The number of carbonyl (C=O) groups excluding carboxylic acids is 1. The first kappa shape index (κ1) is 20.5. The van der Waals surface area contributed by atoms with Crippen molar-refractivity contribution in [1.29, 1.82) is 0 Å². The predicted molar refractivity (Wildman–Crippen MR) is 105 cm³/mol.